The van der Waals surface area contributed by atoms with E-state index in [0.29, 0.717) is 0 Å². The second kappa shape index (κ2) is 5.64. The van der Waals surface area contributed by atoms with Crippen LogP contribution in [0.4, 0.5) is 19.3 Å². The average molecular weight is 270 g/mol. The zero-order valence-corrected chi connectivity index (χ0v) is 10.9. The highest BCUT2D eigenvalue weighted by atomic mass is 19.1. The minimum atomic E-state index is -0.845. The van der Waals surface area contributed by atoms with Crippen molar-refractivity contribution in [3.05, 3.63) is 29.8 Å². The SMILES string of the molecule is CC(C)(C)NC(=O)NC(=N)Nc1c(F)cccc1F. The maximum Gasteiger partial charge on any atom is 0.321 e. The van der Waals surface area contributed by atoms with Gasteiger partial charge in [0, 0.05) is 5.54 Å². The molecule has 1 aromatic carbocycles. The largest absolute Gasteiger partial charge is 0.333 e. The van der Waals surface area contributed by atoms with Crippen LogP contribution in [0.2, 0.25) is 0 Å². The molecule has 0 spiro atoms. The number of carbonyl (C=O) groups excluding carboxylic acids is 1. The number of anilines is 1. The molecule has 19 heavy (non-hydrogen) atoms. The summed E-state index contributed by atoms with van der Waals surface area (Å²) in [6.45, 7) is 5.29. The van der Waals surface area contributed by atoms with Gasteiger partial charge in [-0.1, -0.05) is 6.07 Å². The van der Waals surface area contributed by atoms with Gasteiger partial charge in [0.2, 0.25) is 5.96 Å². The van der Waals surface area contributed by atoms with E-state index < -0.39 is 34.9 Å². The third-order valence-corrected chi connectivity index (χ3v) is 1.94. The van der Waals surface area contributed by atoms with Crippen LogP contribution in [-0.4, -0.2) is 17.5 Å². The smallest absolute Gasteiger partial charge is 0.321 e. The van der Waals surface area contributed by atoms with Crippen molar-refractivity contribution in [3.63, 3.8) is 0 Å². The van der Waals surface area contributed by atoms with Crippen LogP contribution in [0.15, 0.2) is 18.2 Å². The van der Waals surface area contributed by atoms with Gasteiger partial charge in [-0.25, -0.2) is 13.6 Å². The Hall–Kier alpha value is -2.18. The Morgan fingerprint density at radius 1 is 1.21 bits per heavy atom. The Balaban J connectivity index is 2.64. The van der Waals surface area contributed by atoms with Gasteiger partial charge in [-0.3, -0.25) is 10.7 Å². The van der Waals surface area contributed by atoms with E-state index in [2.05, 4.69) is 16.0 Å². The van der Waals surface area contributed by atoms with E-state index in [9.17, 15) is 13.6 Å². The van der Waals surface area contributed by atoms with Crippen molar-refractivity contribution in [3.8, 4) is 0 Å². The van der Waals surface area contributed by atoms with Crippen LogP contribution in [0.3, 0.4) is 0 Å². The first kappa shape index (κ1) is 14.9. The third kappa shape index (κ3) is 4.90. The molecule has 0 saturated carbocycles. The molecule has 104 valence electrons. The molecule has 1 rings (SSSR count). The van der Waals surface area contributed by atoms with E-state index in [1.807, 2.05) is 0 Å². The summed E-state index contributed by atoms with van der Waals surface area (Å²) in [7, 11) is 0. The maximum absolute atomic E-state index is 13.3. The number of amides is 2. The van der Waals surface area contributed by atoms with Gasteiger partial charge in [-0.2, -0.15) is 0 Å². The van der Waals surface area contributed by atoms with Gasteiger partial charge in [0.25, 0.3) is 0 Å². The number of benzene rings is 1. The summed E-state index contributed by atoms with van der Waals surface area (Å²) in [5.41, 5.74) is -0.961. The van der Waals surface area contributed by atoms with Crippen LogP contribution in [0.5, 0.6) is 0 Å². The maximum atomic E-state index is 13.3. The number of hydrogen-bond acceptors (Lipinski definition) is 2. The van der Waals surface area contributed by atoms with E-state index in [1.165, 1.54) is 6.07 Å². The molecule has 0 saturated heterocycles. The Kier molecular flexibility index (Phi) is 4.42. The van der Waals surface area contributed by atoms with Gasteiger partial charge in [0.1, 0.15) is 17.3 Å². The lowest BCUT2D eigenvalue weighted by Gasteiger charge is -2.21. The van der Waals surface area contributed by atoms with Crippen LogP contribution >= 0.6 is 0 Å². The summed E-state index contributed by atoms with van der Waals surface area (Å²) in [5.74, 6) is -2.21. The van der Waals surface area contributed by atoms with Crippen LogP contribution in [-0.2, 0) is 0 Å². The molecule has 0 bridgehead atoms. The van der Waals surface area contributed by atoms with Gasteiger partial charge in [-0.15, -0.1) is 0 Å². The normalized spacial score (nSPS) is 10.8. The molecule has 0 aromatic heterocycles. The van der Waals surface area contributed by atoms with Crippen molar-refractivity contribution < 1.29 is 13.6 Å². The summed E-state index contributed by atoms with van der Waals surface area (Å²) in [5, 5.41) is 14.3. The molecule has 1 aromatic rings. The van der Waals surface area contributed by atoms with Gasteiger partial charge in [0.15, 0.2) is 0 Å². The van der Waals surface area contributed by atoms with E-state index >= 15 is 0 Å². The number of nitrogens with one attached hydrogen (secondary N) is 4. The number of rotatable bonds is 1. The summed E-state index contributed by atoms with van der Waals surface area (Å²) < 4.78 is 26.6. The van der Waals surface area contributed by atoms with Gasteiger partial charge >= 0.3 is 6.03 Å². The molecule has 0 radical (unpaired) electrons. The summed E-state index contributed by atoms with van der Waals surface area (Å²) in [4.78, 5) is 11.4. The first-order valence-corrected chi connectivity index (χ1v) is 5.58. The molecule has 0 unspecified atom stereocenters. The third-order valence-electron chi connectivity index (χ3n) is 1.94. The second-order valence-corrected chi connectivity index (χ2v) is 4.93. The predicted octanol–water partition coefficient (Wildman–Crippen LogP) is 2.41. The molecule has 0 atom stereocenters. The number of urea groups is 1. The fourth-order valence-electron chi connectivity index (χ4n) is 1.26. The first-order chi connectivity index (χ1) is 8.69. The fraction of sp³-hybridized carbons (Fsp3) is 0.333. The van der Waals surface area contributed by atoms with E-state index in [-0.39, 0.29) is 0 Å². The van der Waals surface area contributed by atoms with Crippen molar-refractivity contribution in [1.82, 2.24) is 10.6 Å². The molecule has 0 aliphatic carbocycles. The summed E-state index contributed by atoms with van der Waals surface area (Å²) >= 11 is 0. The molecule has 5 nitrogen and oxygen atoms in total. The molecule has 0 aliphatic rings. The molecular weight excluding hydrogens is 254 g/mol. The molecule has 0 heterocycles. The number of carbonyl (C=O) groups is 1. The Morgan fingerprint density at radius 3 is 2.21 bits per heavy atom. The highest BCUT2D eigenvalue weighted by Crippen LogP contribution is 2.17. The van der Waals surface area contributed by atoms with Crippen molar-refractivity contribution in [1.29, 1.82) is 5.41 Å². The molecule has 7 heteroatoms. The minimum absolute atomic E-state index is 0.479. The quantitative estimate of drug-likeness (QED) is 0.467. The van der Waals surface area contributed by atoms with Gasteiger partial charge in [-0.05, 0) is 32.9 Å². The zero-order valence-electron chi connectivity index (χ0n) is 10.9. The van der Waals surface area contributed by atoms with E-state index in [0.717, 1.165) is 12.1 Å². The van der Waals surface area contributed by atoms with Crippen LogP contribution in [0.25, 0.3) is 0 Å². The monoisotopic (exact) mass is 270 g/mol. The Morgan fingerprint density at radius 2 is 1.74 bits per heavy atom. The van der Waals surface area contributed by atoms with Crippen molar-refractivity contribution in [2.45, 2.75) is 26.3 Å². The molecule has 2 amide bonds. The van der Waals surface area contributed by atoms with Crippen molar-refractivity contribution >= 4 is 17.7 Å². The molecule has 0 aliphatic heterocycles. The lowest BCUT2D eigenvalue weighted by Crippen LogP contribution is -2.49. The van der Waals surface area contributed by atoms with Crippen LogP contribution in [0.1, 0.15) is 20.8 Å². The highest BCUT2D eigenvalue weighted by molar-refractivity contribution is 6.02. The zero-order chi connectivity index (χ0) is 14.6. The standard InChI is InChI=1S/C12H16F2N4O/c1-12(2,3)18-11(19)17-10(15)16-9-7(13)5-4-6-8(9)14/h4-6H,1-3H3,(H4,15,16,17,18,19). The topological polar surface area (TPSA) is 77.0 Å². The van der Waals surface area contributed by atoms with E-state index in [1.54, 1.807) is 20.8 Å². The van der Waals surface area contributed by atoms with Crippen molar-refractivity contribution in [2.75, 3.05) is 5.32 Å². The number of para-hydroxylation sites is 1. The summed E-state index contributed by atoms with van der Waals surface area (Å²) in [6.07, 6.45) is 0. The fourth-order valence-corrected chi connectivity index (χ4v) is 1.26. The summed E-state index contributed by atoms with van der Waals surface area (Å²) in [6, 6.07) is 2.67. The lowest BCUT2D eigenvalue weighted by molar-refractivity contribution is 0.236. The number of hydrogen-bond donors (Lipinski definition) is 4. The molecular formula is C12H16F2N4O. The predicted molar refractivity (Wildman–Crippen MR) is 69.1 cm³/mol. The molecule has 4 N–H and O–H groups in total. The number of halogens is 2. The second-order valence-electron chi connectivity index (χ2n) is 4.93. The average Bonchev–Trinajstić information content (AvgIpc) is 2.20. The van der Waals surface area contributed by atoms with E-state index in [4.69, 9.17) is 5.41 Å². The highest BCUT2D eigenvalue weighted by Gasteiger charge is 2.15. The minimum Gasteiger partial charge on any atom is -0.333 e. The Bertz CT molecular complexity index is 477. The first-order valence-electron chi connectivity index (χ1n) is 5.58. The van der Waals surface area contributed by atoms with Crippen LogP contribution in [0, 0.1) is 17.0 Å². The Labute approximate surface area is 109 Å². The van der Waals surface area contributed by atoms with Gasteiger partial charge in [0.05, 0.1) is 0 Å². The van der Waals surface area contributed by atoms with Gasteiger partial charge < -0.3 is 10.6 Å². The van der Waals surface area contributed by atoms with Crippen LogP contribution < -0.4 is 16.0 Å². The number of guanidine groups is 1. The molecule has 0 fully saturated rings. The van der Waals surface area contributed by atoms with Crippen molar-refractivity contribution in [2.24, 2.45) is 0 Å². The lowest BCUT2D eigenvalue weighted by atomic mass is 10.1.